The van der Waals surface area contributed by atoms with E-state index in [-0.39, 0.29) is 27.6 Å². The lowest BCUT2D eigenvalue weighted by Gasteiger charge is -2.25. The summed E-state index contributed by atoms with van der Waals surface area (Å²) in [6.07, 6.45) is 0.853. The van der Waals surface area contributed by atoms with Crippen molar-refractivity contribution in [3.8, 4) is 11.1 Å². The lowest BCUT2D eigenvalue weighted by atomic mass is 10.0. The molecule has 0 bridgehead atoms. The largest absolute Gasteiger partial charge is 0.444 e. The van der Waals surface area contributed by atoms with Crippen LogP contribution in [0.1, 0.15) is 34.6 Å². The zero-order valence-electron chi connectivity index (χ0n) is 21.8. The molecule has 11 heteroatoms. The molecule has 0 aliphatic heterocycles. The third-order valence-corrected chi connectivity index (χ3v) is 6.93. The molecule has 0 saturated carbocycles. The quantitative estimate of drug-likeness (QED) is 0.305. The summed E-state index contributed by atoms with van der Waals surface area (Å²) in [6.45, 7) is 8.88. The van der Waals surface area contributed by atoms with Crippen LogP contribution in [0.25, 0.3) is 11.1 Å². The number of nitrogens with zero attached hydrogens (tertiary/aromatic N) is 1. The topological polar surface area (TPSA) is 126 Å². The van der Waals surface area contributed by atoms with Gasteiger partial charge in [-0.05, 0) is 62.6 Å². The smallest absolute Gasteiger partial charge is 0.408 e. The molecule has 2 amide bonds. The van der Waals surface area contributed by atoms with Crippen molar-refractivity contribution in [3.63, 3.8) is 0 Å². The Morgan fingerprint density at radius 1 is 0.974 bits per heavy atom. The summed E-state index contributed by atoms with van der Waals surface area (Å²) < 4.78 is 33.2. The average molecular weight is 559 g/mol. The molecule has 2 aromatic carbocycles. The number of carbonyl (C=O) groups is 2. The summed E-state index contributed by atoms with van der Waals surface area (Å²) in [5, 5.41) is 5.43. The van der Waals surface area contributed by atoms with Crippen molar-refractivity contribution in [1.29, 1.82) is 0 Å². The average Bonchev–Trinajstić information content (AvgIpc) is 2.83. The Bertz CT molecular complexity index is 1390. The van der Waals surface area contributed by atoms with E-state index in [1.165, 1.54) is 18.3 Å². The molecule has 3 N–H and O–H groups in total. The lowest BCUT2D eigenvalue weighted by Crippen LogP contribution is -2.48. The van der Waals surface area contributed by atoms with Gasteiger partial charge in [0, 0.05) is 17.4 Å². The minimum absolute atomic E-state index is 0.00866. The second-order valence-corrected chi connectivity index (χ2v) is 12.0. The molecule has 1 heterocycles. The molecule has 3 aromatic rings. The lowest BCUT2D eigenvalue weighted by molar-refractivity contribution is -0.119. The van der Waals surface area contributed by atoms with Gasteiger partial charge in [-0.15, -0.1) is 0 Å². The van der Waals surface area contributed by atoms with Crippen molar-refractivity contribution in [2.24, 2.45) is 5.92 Å². The Labute approximate surface area is 228 Å². The molecule has 0 aliphatic rings. The number of amides is 2. The number of sulfonamides is 1. The molecule has 0 radical (unpaired) electrons. The number of alkyl carbamates (subject to hydrolysis) is 1. The molecule has 38 heavy (non-hydrogen) atoms. The third kappa shape index (κ3) is 7.93. The summed E-state index contributed by atoms with van der Waals surface area (Å²) in [5.41, 5.74) is 1.31. The van der Waals surface area contributed by atoms with Gasteiger partial charge in [0.05, 0.1) is 10.6 Å². The van der Waals surface area contributed by atoms with Gasteiger partial charge in [0.15, 0.2) is 5.15 Å². The number of rotatable bonds is 8. The van der Waals surface area contributed by atoms with Crippen LogP contribution in [-0.2, 0) is 19.6 Å². The van der Waals surface area contributed by atoms with E-state index in [4.69, 9.17) is 16.3 Å². The Hall–Kier alpha value is -3.63. The number of anilines is 2. The van der Waals surface area contributed by atoms with Crippen LogP contribution in [-0.4, -0.2) is 37.0 Å². The van der Waals surface area contributed by atoms with Crippen LogP contribution in [0.5, 0.6) is 0 Å². The van der Waals surface area contributed by atoms with Gasteiger partial charge < -0.3 is 15.4 Å². The minimum Gasteiger partial charge on any atom is -0.444 e. The highest BCUT2D eigenvalue weighted by molar-refractivity contribution is 7.92. The highest BCUT2D eigenvalue weighted by Crippen LogP contribution is 2.29. The number of halogens is 1. The maximum atomic E-state index is 12.9. The minimum atomic E-state index is -3.85. The number of aromatic nitrogens is 1. The van der Waals surface area contributed by atoms with Gasteiger partial charge in [0.2, 0.25) is 5.91 Å². The second kappa shape index (κ2) is 11.8. The molecule has 0 aliphatic carbocycles. The van der Waals surface area contributed by atoms with Gasteiger partial charge in [0.1, 0.15) is 11.6 Å². The van der Waals surface area contributed by atoms with Gasteiger partial charge in [-0.1, -0.05) is 55.8 Å². The van der Waals surface area contributed by atoms with Crippen LogP contribution in [0.15, 0.2) is 71.8 Å². The van der Waals surface area contributed by atoms with E-state index in [2.05, 4.69) is 20.3 Å². The molecule has 1 atom stereocenters. The van der Waals surface area contributed by atoms with Crippen molar-refractivity contribution >= 4 is 45.0 Å². The van der Waals surface area contributed by atoms with E-state index in [9.17, 15) is 18.0 Å². The maximum Gasteiger partial charge on any atom is 0.408 e. The fourth-order valence-electron chi connectivity index (χ4n) is 3.42. The number of ether oxygens (including phenoxy) is 1. The monoisotopic (exact) mass is 558 g/mol. The van der Waals surface area contributed by atoms with Crippen LogP contribution >= 0.6 is 11.6 Å². The Morgan fingerprint density at radius 2 is 1.61 bits per heavy atom. The first-order chi connectivity index (χ1) is 17.7. The predicted octanol–water partition coefficient (Wildman–Crippen LogP) is 5.69. The SMILES string of the molecule is CC(C)[C@H](NC(=O)OC(C)(C)C)C(=O)Nc1ccc(-c2cnc(Cl)c(NS(=O)(=O)c3ccccc3)c2)cc1. The van der Waals surface area contributed by atoms with E-state index in [1.54, 1.807) is 69.3 Å². The van der Waals surface area contributed by atoms with E-state index in [0.717, 1.165) is 5.56 Å². The highest BCUT2D eigenvalue weighted by Gasteiger charge is 2.27. The molecular weight excluding hydrogens is 528 g/mol. The first-order valence-electron chi connectivity index (χ1n) is 11.9. The van der Waals surface area contributed by atoms with E-state index < -0.39 is 27.8 Å². The summed E-state index contributed by atoms with van der Waals surface area (Å²) in [4.78, 5) is 29.3. The zero-order valence-corrected chi connectivity index (χ0v) is 23.4. The molecule has 0 unspecified atom stereocenters. The number of hydrogen-bond acceptors (Lipinski definition) is 6. The number of carbonyl (C=O) groups excluding carboxylic acids is 2. The van der Waals surface area contributed by atoms with Crippen molar-refractivity contribution in [2.75, 3.05) is 10.0 Å². The summed E-state index contributed by atoms with van der Waals surface area (Å²) >= 11 is 6.16. The first-order valence-corrected chi connectivity index (χ1v) is 13.8. The molecule has 0 saturated heterocycles. The summed E-state index contributed by atoms with van der Waals surface area (Å²) in [6, 6.07) is 15.6. The van der Waals surface area contributed by atoms with Gasteiger partial charge >= 0.3 is 6.09 Å². The van der Waals surface area contributed by atoms with E-state index in [1.807, 2.05) is 13.8 Å². The highest BCUT2D eigenvalue weighted by atomic mass is 35.5. The van der Waals surface area contributed by atoms with Crippen LogP contribution in [0.4, 0.5) is 16.2 Å². The van der Waals surface area contributed by atoms with Gasteiger partial charge in [-0.3, -0.25) is 9.52 Å². The van der Waals surface area contributed by atoms with Crippen LogP contribution < -0.4 is 15.4 Å². The van der Waals surface area contributed by atoms with E-state index in [0.29, 0.717) is 11.3 Å². The van der Waals surface area contributed by atoms with Gasteiger partial charge in [-0.25, -0.2) is 18.2 Å². The number of nitrogens with one attached hydrogen (secondary N) is 3. The third-order valence-electron chi connectivity index (χ3n) is 5.24. The van der Waals surface area contributed by atoms with Crippen LogP contribution in [0.3, 0.4) is 0 Å². The molecule has 0 spiro atoms. The number of hydrogen-bond donors (Lipinski definition) is 3. The molecule has 202 valence electrons. The summed E-state index contributed by atoms with van der Waals surface area (Å²) in [7, 11) is -3.85. The van der Waals surface area contributed by atoms with Crippen LogP contribution in [0, 0.1) is 5.92 Å². The predicted molar refractivity (Wildman–Crippen MR) is 149 cm³/mol. The Morgan fingerprint density at radius 3 is 2.18 bits per heavy atom. The number of benzene rings is 2. The maximum absolute atomic E-state index is 12.9. The normalized spacial score (nSPS) is 12.5. The fraction of sp³-hybridized carbons (Fsp3) is 0.296. The van der Waals surface area contributed by atoms with Crippen molar-refractivity contribution < 1.29 is 22.7 Å². The number of pyridine rings is 1. The van der Waals surface area contributed by atoms with Crippen molar-refractivity contribution in [3.05, 3.63) is 72.0 Å². The van der Waals surface area contributed by atoms with Crippen LogP contribution in [0.2, 0.25) is 5.15 Å². The standard InChI is InChI=1S/C27H31ClN4O5S/c1-17(2)23(31-26(34)37-27(3,4)5)25(33)30-20-13-11-18(12-14-20)19-15-22(24(28)29-16-19)32-38(35,36)21-9-7-6-8-10-21/h6-17,23,32H,1-5H3,(H,30,33)(H,31,34)/t23-/m0/s1. The molecular formula is C27H31ClN4O5S. The Kier molecular flexibility index (Phi) is 9.01. The van der Waals surface area contributed by atoms with Crippen molar-refractivity contribution in [1.82, 2.24) is 10.3 Å². The molecule has 3 rings (SSSR count). The van der Waals surface area contributed by atoms with E-state index >= 15 is 0 Å². The van der Waals surface area contributed by atoms with Gasteiger partial charge in [-0.2, -0.15) is 0 Å². The molecule has 9 nitrogen and oxygen atoms in total. The first kappa shape index (κ1) is 28.9. The summed E-state index contributed by atoms with van der Waals surface area (Å²) in [5.74, 6) is -0.565. The zero-order chi connectivity index (χ0) is 28.1. The molecule has 1 aromatic heterocycles. The van der Waals surface area contributed by atoms with Crippen molar-refractivity contribution in [2.45, 2.75) is 51.2 Å². The Balaban J connectivity index is 1.73. The molecule has 0 fully saturated rings. The fourth-order valence-corrected chi connectivity index (χ4v) is 4.70. The second-order valence-electron chi connectivity index (χ2n) is 9.92. The van der Waals surface area contributed by atoms with Gasteiger partial charge in [0.25, 0.3) is 10.0 Å².